The van der Waals surface area contributed by atoms with E-state index in [2.05, 4.69) is 5.32 Å². The topological polar surface area (TPSA) is 63.2 Å². The molecule has 0 spiro atoms. The normalized spacial score (nSPS) is 12.2. The Balaban J connectivity index is 3.47. The van der Waals surface area contributed by atoms with Gasteiger partial charge in [0, 0.05) is 37.6 Å². The molecule has 0 aliphatic carbocycles. The number of hydrogen-bond acceptors (Lipinski definition) is 3. The summed E-state index contributed by atoms with van der Waals surface area (Å²) in [4.78, 5) is 34.7. The molecule has 1 atom stereocenters. The molecule has 4 heteroatoms. The van der Waals surface area contributed by atoms with Crippen molar-refractivity contribution >= 4 is 17.5 Å². The van der Waals surface area contributed by atoms with Gasteiger partial charge in [-0.25, -0.2) is 0 Å². The average Bonchev–Trinajstić information content (AvgIpc) is 2.53. The van der Waals surface area contributed by atoms with Gasteiger partial charge in [0.2, 0.25) is 5.91 Å². The molecule has 0 saturated heterocycles. The Morgan fingerprint density at radius 2 is 1.35 bits per heavy atom. The van der Waals surface area contributed by atoms with Crippen LogP contribution < -0.4 is 5.32 Å². The van der Waals surface area contributed by atoms with Crippen LogP contribution in [0.25, 0.3) is 0 Å². The van der Waals surface area contributed by atoms with Crippen molar-refractivity contribution < 1.29 is 14.4 Å². The van der Waals surface area contributed by atoms with Gasteiger partial charge in [-0.1, -0.05) is 34.1 Å². The van der Waals surface area contributed by atoms with Crippen molar-refractivity contribution in [3.8, 4) is 0 Å². The first-order valence-corrected chi connectivity index (χ1v) is 9.20. The molecular formula is C19H35NO3. The van der Waals surface area contributed by atoms with Crippen molar-refractivity contribution in [2.24, 2.45) is 11.8 Å². The zero-order chi connectivity index (χ0) is 17.7. The quantitative estimate of drug-likeness (QED) is 0.490. The maximum Gasteiger partial charge on any atom is 0.219 e. The van der Waals surface area contributed by atoms with E-state index in [4.69, 9.17) is 0 Å². The van der Waals surface area contributed by atoms with Gasteiger partial charge in [-0.05, 0) is 32.1 Å². The van der Waals surface area contributed by atoms with E-state index in [1.54, 1.807) is 0 Å². The predicted molar refractivity (Wildman–Crippen MR) is 94.3 cm³/mol. The summed E-state index contributed by atoms with van der Waals surface area (Å²) in [6.45, 7) is 8.52. The van der Waals surface area contributed by atoms with E-state index >= 15 is 0 Å². The zero-order valence-electron chi connectivity index (χ0n) is 15.5. The Bertz CT molecular complexity index is 364. The maximum absolute atomic E-state index is 11.7. The van der Waals surface area contributed by atoms with Gasteiger partial charge in [0.05, 0.1) is 0 Å². The summed E-state index contributed by atoms with van der Waals surface area (Å²) in [5, 5.41) is 2.91. The lowest BCUT2D eigenvalue weighted by Crippen LogP contribution is -2.24. The van der Waals surface area contributed by atoms with E-state index in [0.717, 1.165) is 38.5 Å². The van der Waals surface area contributed by atoms with Gasteiger partial charge in [0.1, 0.15) is 11.6 Å². The van der Waals surface area contributed by atoms with Crippen LogP contribution in [0, 0.1) is 11.8 Å². The monoisotopic (exact) mass is 325 g/mol. The van der Waals surface area contributed by atoms with E-state index in [1.165, 1.54) is 0 Å². The van der Waals surface area contributed by atoms with Crippen LogP contribution in [0.1, 0.15) is 85.5 Å². The second-order valence-corrected chi connectivity index (χ2v) is 6.76. The van der Waals surface area contributed by atoms with Gasteiger partial charge in [-0.15, -0.1) is 0 Å². The first-order valence-electron chi connectivity index (χ1n) is 9.20. The summed E-state index contributed by atoms with van der Waals surface area (Å²) in [6.07, 6.45) is 7.03. The van der Waals surface area contributed by atoms with Crippen LogP contribution in [0.5, 0.6) is 0 Å². The highest BCUT2D eigenvalue weighted by atomic mass is 16.1. The molecule has 0 aromatic carbocycles. The van der Waals surface area contributed by atoms with Crippen LogP contribution in [-0.2, 0) is 14.4 Å². The van der Waals surface area contributed by atoms with Gasteiger partial charge in [0.25, 0.3) is 0 Å². The van der Waals surface area contributed by atoms with Crippen molar-refractivity contribution in [2.45, 2.75) is 85.5 Å². The van der Waals surface area contributed by atoms with Crippen molar-refractivity contribution in [3.05, 3.63) is 0 Å². The highest BCUT2D eigenvalue weighted by Crippen LogP contribution is 2.09. The Labute approximate surface area is 141 Å². The standard InChI is InChI=1S/C19H35NO3/c1-5-16(4)18(22)12-7-6-10-14-20-19(23)13-9-8-11-17(21)15(2)3/h15-16H,5-14H2,1-4H3,(H,20,23). The molecule has 1 N–H and O–H groups in total. The van der Waals surface area contributed by atoms with Crippen LogP contribution >= 0.6 is 0 Å². The molecule has 0 rings (SSSR count). The van der Waals surface area contributed by atoms with E-state index in [0.29, 0.717) is 31.6 Å². The number of Topliss-reactive ketones (excluding diaryl/α,β-unsaturated/α-hetero) is 2. The second kappa shape index (κ2) is 13.3. The highest BCUT2D eigenvalue weighted by molar-refractivity contribution is 5.80. The highest BCUT2D eigenvalue weighted by Gasteiger charge is 2.10. The number of carbonyl (C=O) groups excluding carboxylic acids is 3. The van der Waals surface area contributed by atoms with Crippen molar-refractivity contribution in [1.29, 1.82) is 0 Å². The fraction of sp³-hybridized carbons (Fsp3) is 0.842. The molecule has 4 nitrogen and oxygen atoms in total. The molecule has 0 saturated carbocycles. The largest absolute Gasteiger partial charge is 0.356 e. The Hall–Kier alpha value is -1.19. The lowest BCUT2D eigenvalue weighted by molar-refractivity contribution is -0.123. The number of amides is 1. The third-order valence-corrected chi connectivity index (χ3v) is 4.31. The fourth-order valence-corrected chi connectivity index (χ4v) is 2.26. The molecule has 0 bridgehead atoms. The summed E-state index contributed by atoms with van der Waals surface area (Å²) in [5.74, 6) is 0.968. The summed E-state index contributed by atoms with van der Waals surface area (Å²) >= 11 is 0. The Kier molecular flexibility index (Phi) is 12.6. The predicted octanol–water partition coefficient (Wildman–Crippen LogP) is 4.06. The number of rotatable bonds is 14. The molecule has 0 aromatic heterocycles. The minimum absolute atomic E-state index is 0.0673. The Morgan fingerprint density at radius 3 is 1.96 bits per heavy atom. The third-order valence-electron chi connectivity index (χ3n) is 4.31. The number of ketones is 2. The van der Waals surface area contributed by atoms with Crippen LogP contribution in [-0.4, -0.2) is 24.0 Å². The smallest absolute Gasteiger partial charge is 0.219 e. The van der Waals surface area contributed by atoms with Gasteiger partial charge >= 0.3 is 0 Å². The molecule has 1 amide bonds. The molecule has 134 valence electrons. The van der Waals surface area contributed by atoms with E-state index < -0.39 is 0 Å². The van der Waals surface area contributed by atoms with Crippen molar-refractivity contribution in [3.63, 3.8) is 0 Å². The third kappa shape index (κ3) is 12.0. The molecule has 0 aliphatic heterocycles. The molecule has 0 fully saturated rings. The number of unbranched alkanes of at least 4 members (excludes halogenated alkanes) is 3. The maximum atomic E-state index is 11.7. The number of nitrogens with one attached hydrogen (secondary N) is 1. The summed E-state index contributed by atoms with van der Waals surface area (Å²) < 4.78 is 0. The van der Waals surface area contributed by atoms with Crippen LogP contribution in [0.4, 0.5) is 0 Å². The van der Waals surface area contributed by atoms with Gasteiger partial charge in [-0.3, -0.25) is 14.4 Å². The molecule has 0 heterocycles. The molecule has 0 aromatic rings. The first kappa shape index (κ1) is 21.8. The molecule has 23 heavy (non-hydrogen) atoms. The molecule has 0 aliphatic rings. The Morgan fingerprint density at radius 1 is 0.783 bits per heavy atom. The average molecular weight is 325 g/mol. The van der Waals surface area contributed by atoms with Crippen molar-refractivity contribution in [1.82, 2.24) is 5.32 Å². The lowest BCUT2D eigenvalue weighted by Gasteiger charge is -2.08. The van der Waals surface area contributed by atoms with Crippen molar-refractivity contribution in [2.75, 3.05) is 6.54 Å². The lowest BCUT2D eigenvalue weighted by atomic mass is 9.99. The van der Waals surface area contributed by atoms with Gasteiger partial charge in [-0.2, -0.15) is 0 Å². The van der Waals surface area contributed by atoms with E-state index in [1.807, 2.05) is 27.7 Å². The molecule has 0 radical (unpaired) electrons. The summed E-state index contributed by atoms with van der Waals surface area (Å²) in [6, 6.07) is 0. The summed E-state index contributed by atoms with van der Waals surface area (Å²) in [7, 11) is 0. The summed E-state index contributed by atoms with van der Waals surface area (Å²) in [5.41, 5.74) is 0. The van der Waals surface area contributed by atoms with Crippen LogP contribution in [0.2, 0.25) is 0 Å². The van der Waals surface area contributed by atoms with E-state index in [9.17, 15) is 14.4 Å². The number of carbonyl (C=O) groups is 3. The number of hydrogen-bond donors (Lipinski definition) is 1. The first-order chi connectivity index (χ1) is 10.9. The fourth-order valence-electron chi connectivity index (χ4n) is 2.26. The molecule has 1 unspecified atom stereocenters. The van der Waals surface area contributed by atoms with Crippen LogP contribution in [0.3, 0.4) is 0 Å². The van der Waals surface area contributed by atoms with Crippen LogP contribution in [0.15, 0.2) is 0 Å². The minimum atomic E-state index is 0.0673. The van der Waals surface area contributed by atoms with E-state index in [-0.39, 0.29) is 23.5 Å². The van der Waals surface area contributed by atoms with Gasteiger partial charge in [0.15, 0.2) is 0 Å². The molecular weight excluding hydrogens is 290 g/mol. The van der Waals surface area contributed by atoms with Gasteiger partial charge < -0.3 is 5.32 Å². The zero-order valence-corrected chi connectivity index (χ0v) is 15.5. The SMILES string of the molecule is CCC(C)C(=O)CCCCCNC(=O)CCCCC(=O)C(C)C. The minimum Gasteiger partial charge on any atom is -0.356 e. The second-order valence-electron chi connectivity index (χ2n) is 6.76.